The zero-order chi connectivity index (χ0) is 22.3. The molecule has 5 rings (SSSR count). The lowest BCUT2D eigenvalue weighted by molar-refractivity contribution is 0.102. The zero-order valence-electron chi connectivity index (χ0n) is 18.0. The van der Waals surface area contributed by atoms with Crippen LogP contribution in [0, 0.1) is 0 Å². The highest BCUT2D eigenvalue weighted by Crippen LogP contribution is 2.32. The molecule has 0 saturated heterocycles. The normalized spacial score (nSPS) is 14.7. The number of hydrogen-bond donors (Lipinski definition) is 5. The van der Waals surface area contributed by atoms with Gasteiger partial charge in [0.1, 0.15) is 5.82 Å². The molecular formula is C25H25N5O2. The van der Waals surface area contributed by atoms with Crippen molar-refractivity contribution in [3.63, 3.8) is 0 Å². The average molecular weight is 428 g/mol. The van der Waals surface area contributed by atoms with Crippen molar-refractivity contribution in [3.8, 4) is 5.88 Å². The molecule has 0 bridgehead atoms. The van der Waals surface area contributed by atoms with Crippen LogP contribution >= 0.6 is 0 Å². The molecule has 0 saturated carbocycles. The summed E-state index contributed by atoms with van der Waals surface area (Å²) in [5.74, 6) is 0.307. The molecule has 7 nitrogen and oxygen atoms in total. The third-order valence-electron chi connectivity index (χ3n) is 5.96. The van der Waals surface area contributed by atoms with E-state index >= 15 is 0 Å². The number of carbonyl (C=O) groups excluding carboxylic acids is 1. The third-order valence-corrected chi connectivity index (χ3v) is 5.96. The maximum atomic E-state index is 13.1. The Bertz CT molecular complexity index is 1330. The van der Waals surface area contributed by atoms with Crippen LogP contribution in [0.2, 0.25) is 0 Å². The van der Waals surface area contributed by atoms with Crippen LogP contribution in [-0.4, -0.2) is 27.5 Å². The quantitative estimate of drug-likeness (QED) is 0.326. The summed E-state index contributed by atoms with van der Waals surface area (Å²) in [5, 5.41) is 21.2. The van der Waals surface area contributed by atoms with E-state index in [1.807, 2.05) is 30.3 Å². The van der Waals surface area contributed by atoms with E-state index in [0.29, 0.717) is 16.8 Å². The van der Waals surface area contributed by atoms with E-state index in [-0.39, 0.29) is 17.2 Å². The molecule has 7 heteroatoms. The Balaban J connectivity index is 1.39. The highest BCUT2D eigenvalue weighted by Gasteiger charge is 2.27. The van der Waals surface area contributed by atoms with Crippen LogP contribution < -0.4 is 16.0 Å². The van der Waals surface area contributed by atoms with Gasteiger partial charge in [0.05, 0.1) is 5.56 Å². The van der Waals surface area contributed by atoms with E-state index in [1.165, 1.54) is 11.1 Å². The molecule has 3 heterocycles. The lowest BCUT2D eigenvalue weighted by atomic mass is 9.79. The van der Waals surface area contributed by atoms with Crippen molar-refractivity contribution in [1.29, 1.82) is 0 Å². The van der Waals surface area contributed by atoms with Gasteiger partial charge in [0.2, 0.25) is 0 Å². The van der Waals surface area contributed by atoms with Gasteiger partial charge >= 0.3 is 0 Å². The monoisotopic (exact) mass is 427 g/mol. The molecular weight excluding hydrogens is 402 g/mol. The van der Waals surface area contributed by atoms with Crippen LogP contribution in [0.4, 0.5) is 17.2 Å². The van der Waals surface area contributed by atoms with E-state index < -0.39 is 0 Å². The van der Waals surface area contributed by atoms with Crippen molar-refractivity contribution < 1.29 is 9.90 Å². The number of fused-ring (bicyclic) bond motifs is 2. The number of benzene rings is 2. The van der Waals surface area contributed by atoms with Crippen LogP contribution in [0.25, 0.3) is 10.8 Å². The molecule has 0 fully saturated rings. The minimum atomic E-state index is -0.242. The summed E-state index contributed by atoms with van der Waals surface area (Å²) >= 11 is 0. The molecule has 0 atom stereocenters. The van der Waals surface area contributed by atoms with Gasteiger partial charge in [0.25, 0.3) is 5.91 Å². The second-order valence-corrected chi connectivity index (χ2v) is 8.78. The lowest BCUT2D eigenvalue weighted by Gasteiger charge is -2.33. The Morgan fingerprint density at radius 2 is 1.97 bits per heavy atom. The van der Waals surface area contributed by atoms with Crippen molar-refractivity contribution in [2.75, 3.05) is 17.2 Å². The molecule has 0 aliphatic carbocycles. The number of anilines is 3. The van der Waals surface area contributed by atoms with Crippen LogP contribution in [-0.2, 0) is 12.0 Å². The van der Waals surface area contributed by atoms with Crippen molar-refractivity contribution >= 4 is 33.9 Å². The number of aromatic amines is 1. The lowest BCUT2D eigenvalue weighted by Crippen LogP contribution is -2.38. The molecule has 162 valence electrons. The van der Waals surface area contributed by atoms with E-state index in [4.69, 9.17) is 0 Å². The highest BCUT2D eigenvalue weighted by molar-refractivity contribution is 6.08. The van der Waals surface area contributed by atoms with Gasteiger partial charge in [-0.25, -0.2) is 4.98 Å². The average Bonchev–Trinajstić information content (AvgIpc) is 3.14. The number of H-pyrrole nitrogens is 1. The standard InChI is InChI=1S/C25H25N5O2/c1-25(2)14-26-12-16-10-17(7-8-21(16)25)30-24(32)19-4-3-9-27-22(19)29-18-6-5-15-13-28-23(31)20(15)11-18/h3-11,13,26,28,31H,12,14H2,1-2H3,(H,27,29)(H,30,32). The molecule has 5 N–H and O–H groups in total. The molecule has 0 unspecified atom stereocenters. The molecule has 0 radical (unpaired) electrons. The smallest absolute Gasteiger partial charge is 0.259 e. The van der Waals surface area contributed by atoms with Crippen LogP contribution in [0.15, 0.2) is 60.9 Å². The van der Waals surface area contributed by atoms with Crippen molar-refractivity contribution in [2.24, 2.45) is 0 Å². The van der Waals surface area contributed by atoms with Gasteiger partial charge in [-0.15, -0.1) is 0 Å². The number of aromatic hydroxyl groups is 1. The van der Waals surface area contributed by atoms with Crippen LogP contribution in [0.3, 0.4) is 0 Å². The summed E-state index contributed by atoms with van der Waals surface area (Å²) < 4.78 is 0. The fourth-order valence-corrected chi connectivity index (χ4v) is 4.29. The van der Waals surface area contributed by atoms with Crippen LogP contribution in [0.1, 0.15) is 35.3 Å². The van der Waals surface area contributed by atoms with Gasteiger partial charge in [0, 0.05) is 53.0 Å². The predicted molar refractivity (Wildman–Crippen MR) is 127 cm³/mol. The molecule has 1 amide bonds. The summed E-state index contributed by atoms with van der Waals surface area (Å²) in [4.78, 5) is 20.3. The van der Waals surface area contributed by atoms with Gasteiger partial charge in [-0.05, 0) is 47.5 Å². The number of nitrogens with one attached hydrogen (secondary N) is 4. The second-order valence-electron chi connectivity index (χ2n) is 8.78. The third kappa shape index (κ3) is 3.67. The van der Waals surface area contributed by atoms with Gasteiger partial charge in [-0.1, -0.05) is 26.0 Å². The molecule has 1 aliphatic heterocycles. The molecule has 2 aromatic heterocycles. The van der Waals surface area contributed by atoms with E-state index in [1.54, 1.807) is 24.5 Å². The largest absolute Gasteiger partial charge is 0.494 e. The summed E-state index contributed by atoms with van der Waals surface area (Å²) in [5.41, 5.74) is 4.47. The summed E-state index contributed by atoms with van der Waals surface area (Å²) in [6.45, 7) is 6.15. The maximum absolute atomic E-state index is 13.1. The van der Waals surface area contributed by atoms with Gasteiger partial charge in [-0.3, -0.25) is 4.79 Å². The number of aromatic nitrogens is 2. The van der Waals surface area contributed by atoms with E-state index in [2.05, 4.69) is 45.8 Å². The Labute approximate surface area is 185 Å². The molecule has 2 aromatic carbocycles. The van der Waals surface area contributed by atoms with E-state index in [9.17, 15) is 9.90 Å². The van der Waals surface area contributed by atoms with Gasteiger partial charge in [-0.2, -0.15) is 0 Å². The Morgan fingerprint density at radius 1 is 1.12 bits per heavy atom. The number of pyridine rings is 1. The molecule has 1 aliphatic rings. The number of rotatable bonds is 4. The minimum Gasteiger partial charge on any atom is -0.494 e. The van der Waals surface area contributed by atoms with E-state index in [0.717, 1.165) is 29.9 Å². The fourth-order valence-electron chi connectivity index (χ4n) is 4.29. The minimum absolute atomic E-state index is 0.0611. The first-order chi connectivity index (χ1) is 15.4. The number of nitrogens with zero attached hydrogens (tertiary/aromatic N) is 1. The van der Waals surface area contributed by atoms with Gasteiger partial charge in [0.15, 0.2) is 5.88 Å². The molecule has 32 heavy (non-hydrogen) atoms. The first kappa shape index (κ1) is 20.1. The Kier molecular flexibility index (Phi) is 4.83. The summed E-state index contributed by atoms with van der Waals surface area (Å²) in [6.07, 6.45) is 3.38. The number of amides is 1. The van der Waals surface area contributed by atoms with Gasteiger partial charge < -0.3 is 26.0 Å². The Hall–Kier alpha value is -3.84. The topological polar surface area (TPSA) is 102 Å². The highest BCUT2D eigenvalue weighted by atomic mass is 16.3. The first-order valence-corrected chi connectivity index (χ1v) is 10.6. The van der Waals surface area contributed by atoms with Crippen molar-refractivity contribution in [1.82, 2.24) is 15.3 Å². The first-order valence-electron chi connectivity index (χ1n) is 10.6. The van der Waals surface area contributed by atoms with Crippen molar-refractivity contribution in [2.45, 2.75) is 25.8 Å². The number of hydrogen-bond acceptors (Lipinski definition) is 5. The second kappa shape index (κ2) is 7.69. The molecule has 4 aromatic rings. The SMILES string of the molecule is CC1(C)CNCc2cc(NC(=O)c3cccnc3Nc3ccc4c[nH]c(O)c4c3)ccc21. The summed E-state index contributed by atoms with van der Waals surface area (Å²) in [6, 6.07) is 15.1. The van der Waals surface area contributed by atoms with Crippen molar-refractivity contribution in [3.05, 3.63) is 77.6 Å². The fraction of sp³-hybridized carbons (Fsp3) is 0.200. The predicted octanol–water partition coefficient (Wildman–Crippen LogP) is 4.65. The maximum Gasteiger partial charge on any atom is 0.259 e. The number of carbonyl (C=O) groups is 1. The molecule has 0 spiro atoms. The Morgan fingerprint density at radius 3 is 2.84 bits per heavy atom. The zero-order valence-corrected chi connectivity index (χ0v) is 18.0. The summed E-state index contributed by atoms with van der Waals surface area (Å²) in [7, 11) is 0. The van der Waals surface area contributed by atoms with Crippen LogP contribution in [0.5, 0.6) is 5.88 Å².